The van der Waals surface area contributed by atoms with E-state index in [1.807, 2.05) is 7.11 Å². The molecule has 102 valence electrons. The van der Waals surface area contributed by atoms with Crippen LogP contribution in [0, 0.1) is 17.8 Å². The third-order valence-electron chi connectivity index (χ3n) is 6.29. The topological polar surface area (TPSA) is 32.7 Å². The van der Waals surface area contributed by atoms with Crippen molar-refractivity contribution in [2.75, 3.05) is 13.7 Å². The van der Waals surface area contributed by atoms with Crippen LogP contribution >= 0.6 is 0 Å². The van der Waals surface area contributed by atoms with Gasteiger partial charge in [-0.05, 0) is 56.3 Å². The molecule has 3 nitrogen and oxygen atoms in total. The van der Waals surface area contributed by atoms with Gasteiger partial charge in [-0.1, -0.05) is 0 Å². The lowest BCUT2D eigenvalue weighted by Crippen LogP contribution is -2.48. The van der Waals surface area contributed by atoms with Gasteiger partial charge in [0, 0.05) is 25.7 Å². The fraction of sp³-hybridized carbons (Fsp3) is 1.00. The van der Waals surface area contributed by atoms with Crippen molar-refractivity contribution < 1.29 is 9.84 Å². The predicted molar refractivity (Wildman–Crippen MR) is 69.3 cm³/mol. The Labute approximate surface area is 109 Å². The number of methoxy groups -OCH3 is 1. The van der Waals surface area contributed by atoms with E-state index in [0.29, 0.717) is 24.1 Å². The third kappa shape index (κ3) is 1.53. The molecular formula is C15H25NO2. The summed E-state index contributed by atoms with van der Waals surface area (Å²) in [7, 11) is 1.85. The van der Waals surface area contributed by atoms with Gasteiger partial charge in [0.1, 0.15) is 0 Å². The summed E-state index contributed by atoms with van der Waals surface area (Å²) < 4.78 is 5.57. The normalized spacial score (nSPS) is 55.3. The van der Waals surface area contributed by atoms with Gasteiger partial charge in [0.05, 0.1) is 12.2 Å². The molecule has 3 aliphatic carbocycles. The maximum atomic E-state index is 10.5. The Morgan fingerprint density at radius 1 is 1.11 bits per heavy atom. The standard InChI is InChI=1S/C15H25NO2/c1-18-12-4-2-3-11(7-12)16-8-10-5-9-6-13(10)14(16)15(9)17/h9-15,17H,2-8H2,1H3. The molecule has 1 heterocycles. The molecule has 1 aliphatic heterocycles. The lowest BCUT2D eigenvalue weighted by molar-refractivity contribution is -0.00545. The maximum Gasteiger partial charge on any atom is 0.0726 e. The van der Waals surface area contributed by atoms with Crippen LogP contribution in [0.5, 0.6) is 0 Å². The summed E-state index contributed by atoms with van der Waals surface area (Å²) in [4.78, 5) is 2.68. The first-order valence-corrected chi connectivity index (χ1v) is 7.74. The molecule has 7 unspecified atom stereocenters. The average Bonchev–Trinajstić information content (AvgIpc) is 3.00. The number of fused-ring (bicyclic) bond motifs is 1. The minimum Gasteiger partial charge on any atom is -0.391 e. The zero-order valence-electron chi connectivity index (χ0n) is 11.3. The zero-order valence-corrected chi connectivity index (χ0v) is 11.3. The molecule has 7 atom stereocenters. The minimum absolute atomic E-state index is 0.0309. The van der Waals surface area contributed by atoms with Crippen molar-refractivity contribution in [1.82, 2.24) is 4.90 Å². The molecule has 0 aromatic rings. The van der Waals surface area contributed by atoms with Gasteiger partial charge >= 0.3 is 0 Å². The molecule has 4 aliphatic rings. The van der Waals surface area contributed by atoms with Gasteiger partial charge in [-0.2, -0.15) is 0 Å². The van der Waals surface area contributed by atoms with E-state index in [9.17, 15) is 5.11 Å². The second-order valence-electron chi connectivity index (χ2n) is 7.01. The molecule has 1 saturated heterocycles. The van der Waals surface area contributed by atoms with Crippen molar-refractivity contribution in [2.45, 2.75) is 62.8 Å². The first-order chi connectivity index (χ1) is 8.78. The van der Waals surface area contributed by atoms with Crippen LogP contribution in [0.15, 0.2) is 0 Å². The lowest BCUT2D eigenvalue weighted by atomic mass is 9.87. The van der Waals surface area contributed by atoms with Gasteiger partial charge < -0.3 is 9.84 Å². The van der Waals surface area contributed by atoms with Gasteiger partial charge in [0.25, 0.3) is 0 Å². The highest BCUT2D eigenvalue weighted by Gasteiger charge is 2.59. The van der Waals surface area contributed by atoms with E-state index in [0.717, 1.165) is 11.8 Å². The molecule has 3 saturated carbocycles. The molecule has 1 N–H and O–H groups in total. The highest BCUT2D eigenvalue weighted by atomic mass is 16.5. The predicted octanol–water partition coefficient (Wildman–Crippen LogP) is 1.65. The number of aliphatic hydroxyl groups is 1. The van der Waals surface area contributed by atoms with Crippen LogP contribution in [0.3, 0.4) is 0 Å². The lowest BCUT2D eigenvalue weighted by Gasteiger charge is -2.39. The summed E-state index contributed by atoms with van der Waals surface area (Å²) >= 11 is 0. The van der Waals surface area contributed by atoms with Crippen molar-refractivity contribution in [3.63, 3.8) is 0 Å². The Balaban J connectivity index is 1.52. The highest BCUT2D eigenvalue weighted by molar-refractivity contribution is 5.12. The first-order valence-electron chi connectivity index (χ1n) is 7.74. The molecule has 0 aromatic heterocycles. The van der Waals surface area contributed by atoms with Gasteiger partial charge in [-0.15, -0.1) is 0 Å². The van der Waals surface area contributed by atoms with E-state index in [-0.39, 0.29) is 6.10 Å². The highest BCUT2D eigenvalue weighted by Crippen LogP contribution is 2.56. The fourth-order valence-electron chi connectivity index (χ4n) is 5.50. The SMILES string of the molecule is COC1CCCC(N2CC3CC4CC3C2C4O)C1. The first kappa shape index (κ1) is 11.7. The summed E-state index contributed by atoms with van der Waals surface area (Å²) in [6, 6.07) is 1.17. The van der Waals surface area contributed by atoms with Crippen LogP contribution in [0.2, 0.25) is 0 Å². The number of aliphatic hydroxyl groups excluding tert-OH is 1. The summed E-state index contributed by atoms with van der Waals surface area (Å²) in [5, 5.41) is 10.5. The van der Waals surface area contributed by atoms with Crippen molar-refractivity contribution >= 4 is 0 Å². The van der Waals surface area contributed by atoms with Crippen LogP contribution < -0.4 is 0 Å². The Kier molecular flexibility index (Phi) is 2.72. The number of nitrogens with zero attached hydrogens (tertiary/aromatic N) is 1. The van der Waals surface area contributed by atoms with Gasteiger partial charge in [-0.3, -0.25) is 4.90 Å². The van der Waals surface area contributed by atoms with Gasteiger partial charge in [0.2, 0.25) is 0 Å². The van der Waals surface area contributed by atoms with E-state index in [4.69, 9.17) is 4.74 Å². The molecule has 2 bridgehead atoms. The van der Waals surface area contributed by atoms with Crippen LogP contribution in [0.25, 0.3) is 0 Å². The van der Waals surface area contributed by atoms with Crippen molar-refractivity contribution in [2.24, 2.45) is 17.8 Å². The van der Waals surface area contributed by atoms with Gasteiger partial charge in [0.15, 0.2) is 0 Å². The quantitative estimate of drug-likeness (QED) is 0.810. The zero-order chi connectivity index (χ0) is 12.3. The third-order valence-corrected chi connectivity index (χ3v) is 6.29. The van der Waals surface area contributed by atoms with Crippen molar-refractivity contribution in [3.8, 4) is 0 Å². The fourth-order valence-corrected chi connectivity index (χ4v) is 5.50. The molecule has 3 heteroatoms. The Bertz CT molecular complexity index is 332. The molecule has 4 fully saturated rings. The monoisotopic (exact) mass is 251 g/mol. The van der Waals surface area contributed by atoms with Crippen LogP contribution in [-0.2, 0) is 4.74 Å². The van der Waals surface area contributed by atoms with Gasteiger partial charge in [-0.25, -0.2) is 0 Å². The molecule has 0 aromatic carbocycles. The molecule has 0 spiro atoms. The summed E-state index contributed by atoms with van der Waals surface area (Å²) in [5.41, 5.74) is 0. The number of hydrogen-bond acceptors (Lipinski definition) is 3. The molecule has 0 radical (unpaired) electrons. The Hall–Kier alpha value is -0.120. The van der Waals surface area contributed by atoms with E-state index >= 15 is 0 Å². The molecular weight excluding hydrogens is 226 g/mol. The van der Waals surface area contributed by atoms with Crippen LogP contribution in [0.4, 0.5) is 0 Å². The number of ether oxygens (including phenoxy) is 1. The van der Waals surface area contributed by atoms with Crippen LogP contribution in [0.1, 0.15) is 38.5 Å². The maximum absolute atomic E-state index is 10.5. The summed E-state index contributed by atoms with van der Waals surface area (Å²) in [5.74, 6) is 2.33. The molecule has 18 heavy (non-hydrogen) atoms. The number of likely N-dealkylation sites (tertiary alicyclic amines) is 1. The largest absolute Gasteiger partial charge is 0.391 e. The minimum atomic E-state index is -0.0309. The van der Waals surface area contributed by atoms with E-state index < -0.39 is 0 Å². The number of hydrogen-bond donors (Lipinski definition) is 1. The Morgan fingerprint density at radius 2 is 2.00 bits per heavy atom. The average molecular weight is 251 g/mol. The second-order valence-corrected chi connectivity index (χ2v) is 7.01. The smallest absolute Gasteiger partial charge is 0.0726 e. The Morgan fingerprint density at radius 3 is 2.78 bits per heavy atom. The summed E-state index contributed by atoms with van der Waals surface area (Å²) in [6.45, 7) is 1.25. The molecule has 4 rings (SSSR count). The molecule has 0 amide bonds. The van der Waals surface area contributed by atoms with E-state index in [2.05, 4.69) is 4.90 Å². The van der Waals surface area contributed by atoms with Crippen LogP contribution in [-0.4, -0.2) is 48.0 Å². The van der Waals surface area contributed by atoms with E-state index in [1.165, 1.54) is 45.1 Å². The second kappa shape index (κ2) is 4.19. The number of rotatable bonds is 2. The van der Waals surface area contributed by atoms with Crippen molar-refractivity contribution in [3.05, 3.63) is 0 Å². The van der Waals surface area contributed by atoms with Crippen molar-refractivity contribution in [1.29, 1.82) is 0 Å². The van der Waals surface area contributed by atoms with E-state index in [1.54, 1.807) is 0 Å². The summed E-state index contributed by atoms with van der Waals surface area (Å²) in [6.07, 6.45) is 8.03.